The lowest BCUT2D eigenvalue weighted by Gasteiger charge is -2.42. The number of hydrogen-bond donors (Lipinski definition) is 2. The number of H-pyrrole nitrogens is 1. The Morgan fingerprint density at radius 1 is 1.28 bits per heavy atom. The standard InChI is InChI=1S/C30H34N8O/c1-20-6-5-11-38(17-20)18-21-12-26(35-25-9-10-32-28(21)25)29(39)34-23-8-4-7-22(13-23)30(14-24(15-30)31-2)16-27-36-33-19-37(27)3/h4,7-10,12-13,19-20,24,32H,5-6,11,14-18H2,1,3H3,(H,34,39)/t20-,24?,30?/m0/s1. The zero-order chi connectivity index (χ0) is 27.0. The largest absolute Gasteiger partial charge is 0.360 e. The monoisotopic (exact) mass is 522 g/mol. The van der Waals surface area contributed by atoms with Crippen molar-refractivity contribution in [2.24, 2.45) is 13.0 Å². The molecule has 1 amide bonds. The van der Waals surface area contributed by atoms with Crippen LogP contribution in [-0.2, 0) is 25.4 Å². The highest BCUT2D eigenvalue weighted by molar-refractivity contribution is 6.04. The van der Waals surface area contributed by atoms with Gasteiger partial charge in [-0.3, -0.25) is 9.69 Å². The average molecular weight is 523 g/mol. The van der Waals surface area contributed by atoms with E-state index in [-0.39, 0.29) is 17.4 Å². The van der Waals surface area contributed by atoms with Crippen LogP contribution in [0, 0.1) is 12.5 Å². The van der Waals surface area contributed by atoms with Crippen LogP contribution in [0.3, 0.4) is 0 Å². The second kappa shape index (κ2) is 10.3. The lowest BCUT2D eigenvalue weighted by molar-refractivity contribution is 0.102. The molecule has 1 aliphatic heterocycles. The number of pyridine rings is 1. The van der Waals surface area contributed by atoms with Gasteiger partial charge in [0.1, 0.15) is 17.8 Å². The van der Waals surface area contributed by atoms with Crippen LogP contribution in [-0.4, -0.2) is 54.7 Å². The van der Waals surface area contributed by atoms with Crippen LogP contribution in [0.2, 0.25) is 0 Å². The smallest absolute Gasteiger partial charge is 0.274 e. The number of likely N-dealkylation sites (tertiary alicyclic amines) is 1. The number of nitrogens with zero attached hydrogens (tertiary/aromatic N) is 6. The fourth-order valence-corrected chi connectivity index (χ4v) is 6.33. The summed E-state index contributed by atoms with van der Waals surface area (Å²) in [6, 6.07) is 11.9. The molecular formula is C30H34N8O. The van der Waals surface area contributed by atoms with Crippen molar-refractivity contribution in [1.29, 1.82) is 0 Å². The van der Waals surface area contributed by atoms with Crippen molar-refractivity contribution in [3.63, 3.8) is 0 Å². The molecule has 1 atom stereocenters. The van der Waals surface area contributed by atoms with Crippen LogP contribution in [0.4, 0.5) is 5.69 Å². The molecule has 0 unspecified atom stereocenters. The summed E-state index contributed by atoms with van der Waals surface area (Å²) in [6.45, 7) is 12.7. The number of anilines is 1. The van der Waals surface area contributed by atoms with E-state index < -0.39 is 0 Å². The van der Waals surface area contributed by atoms with Crippen molar-refractivity contribution in [2.75, 3.05) is 18.4 Å². The zero-order valence-corrected chi connectivity index (χ0v) is 22.5. The highest BCUT2D eigenvalue weighted by atomic mass is 16.1. The van der Waals surface area contributed by atoms with E-state index >= 15 is 0 Å². The van der Waals surface area contributed by atoms with Crippen LogP contribution in [0.1, 0.15) is 60.0 Å². The van der Waals surface area contributed by atoms with Crippen molar-refractivity contribution in [1.82, 2.24) is 29.6 Å². The highest BCUT2D eigenvalue weighted by Gasteiger charge is 2.50. The third-order valence-corrected chi connectivity index (χ3v) is 8.44. The number of benzene rings is 1. The third kappa shape index (κ3) is 5.04. The van der Waals surface area contributed by atoms with Crippen molar-refractivity contribution < 1.29 is 4.79 Å². The van der Waals surface area contributed by atoms with E-state index in [4.69, 9.17) is 6.57 Å². The van der Waals surface area contributed by atoms with Crippen molar-refractivity contribution in [2.45, 2.75) is 57.0 Å². The topological polar surface area (TPSA) is 96.1 Å². The van der Waals surface area contributed by atoms with Crippen molar-refractivity contribution in [3.05, 3.63) is 83.0 Å². The SMILES string of the molecule is [C-]#[N+]C1CC(Cc2nncn2C)(c2cccc(NC(=O)c3cc(CN4CCC[C@H](C)C4)c4[nH]ccc4n3)c2)C1. The fourth-order valence-electron chi connectivity index (χ4n) is 6.33. The van der Waals surface area contributed by atoms with E-state index in [0.29, 0.717) is 18.0 Å². The fraction of sp³-hybridized carbons (Fsp3) is 0.433. The Morgan fingerprint density at radius 3 is 2.92 bits per heavy atom. The van der Waals surface area contributed by atoms with E-state index in [1.807, 2.05) is 48.1 Å². The quantitative estimate of drug-likeness (QED) is 0.342. The molecule has 1 aromatic carbocycles. The number of aryl methyl sites for hydroxylation is 1. The van der Waals surface area contributed by atoms with Gasteiger partial charge < -0.3 is 19.7 Å². The van der Waals surface area contributed by atoms with E-state index in [1.165, 1.54) is 12.8 Å². The molecule has 0 spiro atoms. The number of aromatic nitrogens is 5. The number of carbonyl (C=O) groups excluding carboxylic acids is 1. The van der Waals surface area contributed by atoms with Gasteiger partial charge in [-0.2, -0.15) is 0 Å². The molecule has 1 aliphatic carbocycles. The van der Waals surface area contributed by atoms with E-state index in [0.717, 1.165) is 66.1 Å². The molecule has 4 heterocycles. The third-order valence-electron chi connectivity index (χ3n) is 8.44. The first-order chi connectivity index (χ1) is 18.9. The van der Waals surface area contributed by atoms with Gasteiger partial charge in [0.25, 0.3) is 5.91 Å². The molecular weight excluding hydrogens is 488 g/mol. The molecule has 1 saturated heterocycles. The Balaban J connectivity index is 1.24. The number of aromatic amines is 1. The maximum atomic E-state index is 13.5. The van der Waals surface area contributed by atoms with Crippen LogP contribution >= 0.6 is 0 Å². The minimum absolute atomic E-state index is 0.00932. The first-order valence-electron chi connectivity index (χ1n) is 13.7. The molecule has 2 aliphatic rings. The summed E-state index contributed by atoms with van der Waals surface area (Å²) in [4.78, 5) is 27.7. The van der Waals surface area contributed by atoms with Crippen LogP contribution in [0.5, 0.6) is 0 Å². The van der Waals surface area contributed by atoms with Crippen molar-refractivity contribution >= 4 is 22.6 Å². The van der Waals surface area contributed by atoms with Crippen LogP contribution in [0.15, 0.2) is 48.9 Å². The Hall–Kier alpha value is -4.03. The minimum atomic E-state index is -0.224. The molecule has 2 N–H and O–H groups in total. The molecule has 9 heteroatoms. The van der Waals surface area contributed by atoms with Crippen LogP contribution < -0.4 is 5.32 Å². The molecule has 9 nitrogen and oxygen atoms in total. The summed E-state index contributed by atoms with van der Waals surface area (Å²) >= 11 is 0. The molecule has 39 heavy (non-hydrogen) atoms. The molecule has 200 valence electrons. The number of piperidine rings is 1. The normalized spacial score (nSPS) is 23.3. The zero-order valence-electron chi connectivity index (χ0n) is 22.5. The van der Waals surface area contributed by atoms with E-state index in [2.05, 4.69) is 48.2 Å². The maximum absolute atomic E-state index is 13.5. The Morgan fingerprint density at radius 2 is 2.15 bits per heavy atom. The van der Waals surface area contributed by atoms with Gasteiger partial charge >= 0.3 is 0 Å². The van der Waals surface area contributed by atoms with Gasteiger partial charge in [-0.25, -0.2) is 11.6 Å². The van der Waals surface area contributed by atoms with Crippen molar-refractivity contribution in [3.8, 4) is 0 Å². The highest BCUT2D eigenvalue weighted by Crippen LogP contribution is 2.48. The lowest BCUT2D eigenvalue weighted by atomic mass is 9.60. The minimum Gasteiger partial charge on any atom is -0.360 e. The summed E-state index contributed by atoms with van der Waals surface area (Å²) in [7, 11) is 1.94. The predicted molar refractivity (Wildman–Crippen MR) is 150 cm³/mol. The average Bonchev–Trinajstić information content (AvgIpc) is 3.55. The van der Waals surface area contributed by atoms with E-state index in [1.54, 1.807) is 6.33 Å². The summed E-state index contributed by atoms with van der Waals surface area (Å²) < 4.78 is 1.93. The number of rotatable bonds is 7. The second-order valence-corrected chi connectivity index (χ2v) is 11.4. The molecule has 3 aromatic heterocycles. The molecule has 0 radical (unpaired) electrons. The van der Waals surface area contributed by atoms with Gasteiger partial charge in [-0.1, -0.05) is 19.1 Å². The number of nitrogens with one attached hydrogen (secondary N) is 2. The molecule has 2 fully saturated rings. The van der Waals surface area contributed by atoms with Gasteiger partial charge in [-0.05, 0) is 60.7 Å². The first kappa shape index (κ1) is 25.3. The summed E-state index contributed by atoms with van der Waals surface area (Å²) in [5, 5.41) is 11.4. The molecule has 0 bridgehead atoms. The second-order valence-electron chi connectivity index (χ2n) is 11.4. The first-order valence-corrected chi connectivity index (χ1v) is 13.7. The lowest BCUT2D eigenvalue weighted by Crippen LogP contribution is -2.45. The van der Waals surface area contributed by atoms with Gasteiger partial charge in [0.05, 0.1) is 11.0 Å². The van der Waals surface area contributed by atoms with Crippen LogP contribution in [0.25, 0.3) is 15.9 Å². The van der Waals surface area contributed by atoms with Gasteiger partial charge in [0.2, 0.25) is 6.04 Å². The summed E-state index contributed by atoms with van der Waals surface area (Å²) in [5.41, 5.74) is 4.95. The Bertz CT molecular complexity index is 1540. The maximum Gasteiger partial charge on any atom is 0.274 e. The predicted octanol–water partition coefficient (Wildman–Crippen LogP) is 4.74. The van der Waals surface area contributed by atoms with Gasteiger partial charge in [0.15, 0.2) is 0 Å². The Kier molecular flexibility index (Phi) is 6.65. The molecule has 4 aromatic rings. The number of amides is 1. The van der Waals surface area contributed by atoms with E-state index in [9.17, 15) is 4.79 Å². The Labute approximate surface area is 228 Å². The number of hydrogen-bond acceptors (Lipinski definition) is 5. The molecule has 6 rings (SSSR count). The van der Waals surface area contributed by atoms with Gasteiger partial charge in [-0.15, -0.1) is 10.2 Å². The number of carbonyl (C=O) groups is 1. The number of fused-ring (bicyclic) bond motifs is 1. The molecule has 1 saturated carbocycles. The summed E-state index contributed by atoms with van der Waals surface area (Å²) in [5.74, 6) is 1.36. The summed E-state index contributed by atoms with van der Waals surface area (Å²) in [6.07, 6.45) is 8.32. The van der Waals surface area contributed by atoms with Gasteiger partial charge in [0, 0.05) is 56.7 Å².